The Balaban J connectivity index is 2.34. The number of rotatable bonds is 6. The van der Waals surface area contributed by atoms with Gasteiger partial charge in [-0.2, -0.15) is 0 Å². The predicted octanol–water partition coefficient (Wildman–Crippen LogP) is 1.47. The van der Waals surface area contributed by atoms with Crippen LogP contribution in [-0.4, -0.2) is 18.5 Å². The van der Waals surface area contributed by atoms with Gasteiger partial charge in [0.05, 0.1) is 6.04 Å². The van der Waals surface area contributed by atoms with Crippen LogP contribution in [0.5, 0.6) is 0 Å². The second-order valence-corrected chi connectivity index (χ2v) is 3.94. The monoisotopic (exact) mass is 220 g/mol. The van der Waals surface area contributed by atoms with Crippen molar-refractivity contribution in [1.29, 1.82) is 0 Å². The Morgan fingerprint density at radius 1 is 1.38 bits per heavy atom. The second kappa shape index (κ2) is 7.01. The number of amides is 1. The van der Waals surface area contributed by atoms with Crippen molar-refractivity contribution in [3.8, 4) is 0 Å². The van der Waals surface area contributed by atoms with Crippen molar-refractivity contribution in [2.24, 2.45) is 5.73 Å². The molecule has 0 heterocycles. The summed E-state index contributed by atoms with van der Waals surface area (Å²) in [7, 11) is 0. The molecule has 3 nitrogen and oxygen atoms in total. The fourth-order valence-electron chi connectivity index (χ4n) is 1.48. The van der Waals surface area contributed by atoms with Crippen LogP contribution in [0.25, 0.3) is 0 Å². The highest BCUT2D eigenvalue weighted by molar-refractivity contribution is 5.81. The maximum absolute atomic E-state index is 11.6. The molecule has 3 N–H and O–H groups in total. The van der Waals surface area contributed by atoms with Crippen molar-refractivity contribution in [3.63, 3.8) is 0 Å². The summed E-state index contributed by atoms with van der Waals surface area (Å²) >= 11 is 0. The molecule has 0 bridgehead atoms. The lowest BCUT2D eigenvalue weighted by Crippen LogP contribution is -2.42. The van der Waals surface area contributed by atoms with E-state index in [-0.39, 0.29) is 5.91 Å². The molecule has 0 saturated heterocycles. The standard InChI is InChI=1S/C13H20N2O/c1-2-3-9-15-13(16)12(14)10-11-7-5-4-6-8-11/h4-8,12H,2-3,9-10,14H2,1H3,(H,15,16)/t12-/m0/s1. The molecule has 0 aliphatic carbocycles. The zero-order valence-electron chi connectivity index (χ0n) is 9.78. The maximum Gasteiger partial charge on any atom is 0.237 e. The van der Waals surface area contributed by atoms with E-state index in [0.717, 1.165) is 24.9 Å². The summed E-state index contributed by atoms with van der Waals surface area (Å²) in [6.45, 7) is 2.81. The van der Waals surface area contributed by atoms with Gasteiger partial charge in [-0.15, -0.1) is 0 Å². The molecule has 16 heavy (non-hydrogen) atoms. The van der Waals surface area contributed by atoms with E-state index in [1.807, 2.05) is 30.3 Å². The molecule has 3 heteroatoms. The molecular formula is C13H20N2O. The third-order valence-corrected chi connectivity index (χ3v) is 2.46. The molecular weight excluding hydrogens is 200 g/mol. The van der Waals surface area contributed by atoms with E-state index >= 15 is 0 Å². The minimum Gasteiger partial charge on any atom is -0.355 e. The zero-order chi connectivity index (χ0) is 11.8. The number of hydrogen-bond acceptors (Lipinski definition) is 2. The maximum atomic E-state index is 11.6. The number of nitrogens with two attached hydrogens (primary N) is 1. The molecule has 88 valence electrons. The van der Waals surface area contributed by atoms with Crippen LogP contribution in [-0.2, 0) is 11.2 Å². The topological polar surface area (TPSA) is 55.1 Å². The van der Waals surface area contributed by atoms with Gasteiger partial charge in [-0.3, -0.25) is 4.79 Å². The number of carbonyl (C=O) groups is 1. The Kier molecular flexibility index (Phi) is 5.57. The zero-order valence-corrected chi connectivity index (χ0v) is 9.78. The highest BCUT2D eigenvalue weighted by atomic mass is 16.2. The largest absolute Gasteiger partial charge is 0.355 e. The fraction of sp³-hybridized carbons (Fsp3) is 0.462. The Morgan fingerprint density at radius 3 is 2.69 bits per heavy atom. The van der Waals surface area contributed by atoms with E-state index in [1.165, 1.54) is 0 Å². The molecule has 0 aliphatic rings. The van der Waals surface area contributed by atoms with Gasteiger partial charge in [-0.05, 0) is 18.4 Å². The van der Waals surface area contributed by atoms with Crippen molar-refractivity contribution in [1.82, 2.24) is 5.32 Å². The molecule has 0 spiro atoms. The van der Waals surface area contributed by atoms with Crippen molar-refractivity contribution in [3.05, 3.63) is 35.9 Å². The molecule has 0 aliphatic heterocycles. The normalized spacial score (nSPS) is 12.1. The summed E-state index contributed by atoms with van der Waals surface area (Å²) < 4.78 is 0. The number of carbonyl (C=O) groups excluding carboxylic acids is 1. The minimum absolute atomic E-state index is 0.0581. The summed E-state index contributed by atoms with van der Waals surface area (Å²) in [5.74, 6) is -0.0581. The van der Waals surface area contributed by atoms with E-state index in [0.29, 0.717) is 6.42 Å². The molecule has 0 saturated carbocycles. The lowest BCUT2D eigenvalue weighted by atomic mass is 10.1. The third-order valence-electron chi connectivity index (χ3n) is 2.46. The van der Waals surface area contributed by atoms with Gasteiger partial charge < -0.3 is 11.1 Å². The molecule has 0 fully saturated rings. The number of hydrogen-bond donors (Lipinski definition) is 2. The first-order valence-electron chi connectivity index (χ1n) is 5.81. The first-order chi connectivity index (χ1) is 7.74. The highest BCUT2D eigenvalue weighted by Gasteiger charge is 2.12. The quantitative estimate of drug-likeness (QED) is 0.713. The summed E-state index contributed by atoms with van der Waals surface area (Å²) in [5, 5.41) is 2.84. The van der Waals surface area contributed by atoms with Crippen LogP contribution in [0.3, 0.4) is 0 Å². The van der Waals surface area contributed by atoms with Crippen LogP contribution >= 0.6 is 0 Å². The Morgan fingerprint density at radius 2 is 2.06 bits per heavy atom. The van der Waals surface area contributed by atoms with Gasteiger partial charge in [0, 0.05) is 6.54 Å². The summed E-state index contributed by atoms with van der Waals surface area (Å²) in [6, 6.07) is 9.39. The molecule has 1 amide bonds. The average Bonchev–Trinajstić information content (AvgIpc) is 2.30. The molecule has 1 atom stereocenters. The lowest BCUT2D eigenvalue weighted by molar-refractivity contribution is -0.122. The van der Waals surface area contributed by atoms with Gasteiger partial charge in [0.15, 0.2) is 0 Å². The van der Waals surface area contributed by atoms with Crippen molar-refractivity contribution < 1.29 is 4.79 Å². The number of unbranched alkanes of at least 4 members (excludes halogenated alkanes) is 1. The molecule has 1 rings (SSSR count). The van der Waals surface area contributed by atoms with Gasteiger partial charge in [0.25, 0.3) is 0 Å². The fourth-order valence-corrected chi connectivity index (χ4v) is 1.48. The predicted molar refractivity (Wildman–Crippen MR) is 66.0 cm³/mol. The smallest absolute Gasteiger partial charge is 0.237 e. The number of benzene rings is 1. The third kappa shape index (κ3) is 4.45. The van der Waals surface area contributed by atoms with Crippen LogP contribution in [0.1, 0.15) is 25.3 Å². The van der Waals surface area contributed by atoms with E-state index in [4.69, 9.17) is 5.73 Å². The number of nitrogens with one attached hydrogen (secondary N) is 1. The van der Waals surface area contributed by atoms with Gasteiger partial charge in [0.2, 0.25) is 5.91 Å². The Hall–Kier alpha value is -1.35. The summed E-state index contributed by atoms with van der Waals surface area (Å²) in [4.78, 5) is 11.6. The van der Waals surface area contributed by atoms with Gasteiger partial charge >= 0.3 is 0 Å². The molecule has 1 aromatic rings. The van der Waals surface area contributed by atoms with E-state index in [9.17, 15) is 4.79 Å². The van der Waals surface area contributed by atoms with Crippen LogP contribution in [0.4, 0.5) is 0 Å². The van der Waals surface area contributed by atoms with Crippen molar-refractivity contribution in [2.75, 3.05) is 6.54 Å². The Labute approximate surface area is 97.0 Å². The van der Waals surface area contributed by atoms with Crippen molar-refractivity contribution >= 4 is 5.91 Å². The van der Waals surface area contributed by atoms with Gasteiger partial charge in [-0.1, -0.05) is 43.7 Å². The van der Waals surface area contributed by atoms with Crippen LogP contribution < -0.4 is 11.1 Å². The van der Waals surface area contributed by atoms with E-state index in [2.05, 4.69) is 12.2 Å². The van der Waals surface area contributed by atoms with Crippen LogP contribution in [0.2, 0.25) is 0 Å². The minimum atomic E-state index is -0.445. The summed E-state index contributed by atoms with van der Waals surface area (Å²) in [6.07, 6.45) is 2.68. The lowest BCUT2D eigenvalue weighted by Gasteiger charge is -2.11. The van der Waals surface area contributed by atoms with Crippen LogP contribution in [0, 0.1) is 0 Å². The second-order valence-electron chi connectivity index (χ2n) is 3.94. The molecule has 0 radical (unpaired) electrons. The SMILES string of the molecule is CCCCNC(=O)[C@@H](N)Cc1ccccc1. The average molecular weight is 220 g/mol. The van der Waals surface area contributed by atoms with Crippen LogP contribution in [0.15, 0.2) is 30.3 Å². The Bertz CT molecular complexity index is 311. The van der Waals surface area contributed by atoms with Crippen molar-refractivity contribution in [2.45, 2.75) is 32.2 Å². The van der Waals surface area contributed by atoms with Gasteiger partial charge in [0.1, 0.15) is 0 Å². The van der Waals surface area contributed by atoms with Gasteiger partial charge in [-0.25, -0.2) is 0 Å². The molecule has 0 aromatic heterocycles. The van der Waals surface area contributed by atoms with E-state index in [1.54, 1.807) is 0 Å². The molecule has 0 unspecified atom stereocenters. The first-order valence-corrected chi connectivity index (χ1v) is 5.81. The highest BCUT2D eigenvalue weighted by Crippen LogP contribution is 2.01. The van der Waals surface area contributed by atoms with E-state index < -0.39 is 6.04 Å². The summed E-state index contributed by atoms with van der Waals surface area (Å²) in [5.41, 5.74) is 6.92. The first kappa shape index (κ1) is 12.7. The molecule has 1 aromatic carbocycles.